The molecular formula is C15H15ClN2O3. The largest absolute Gasteiger partial charge is 0.481 e. The number of aromatic nitrogens is 1. The second-order valence-electron chi connectivity index (χ2n) is 4.24. The Balaban J connectivity index is 2.27. The third-order valence-electron chi connectivity index (χ3n) is 2.87. The van der Waals surface area contributed by atoms with Gasteiger partial charge in [0, 0.05) is 28.5 Å². The maximum Gasteiger partial charge on any atom is 0.333 e. The van der Waals surface area contributed by atoms with Gasteiger partial charge in [-0.25, -0.2) is 9.78 Å². The van der Waals surface area contributed by atoms with Crippen molar-refractivity contribution < 1.29 is 14.3 Å². The highest BCUT2D eigenvalue weighted by Gasteiger charge is 2.21. The molecule has 1 N–H and O–H groups in total. The summed E-state index contributed by atoms with van der Waals surface area (Å²) in [5, 5.41) is 3.66. The summed E-state index contributed by atoms with van der Waals surface area (Å²) >= 11 is 5.94. The molecule has 0 amide bonds. The summed E-state index contributed by atoms with van der Waals surface area (Å²) in [4.78, 5) is 16.1. The van der Waals surface area contributed by atoms with Gasteiger partial charge in [-0.1, -0.05) is 17.7 Å². The number of hydrogen-bond acceptors (Lipinski definition) is 5. The van der Waals surface area contributed by atoms with Crippen LogP contribution in [0.1, 0.15) is 11.6 Å². The van der Waals surface area contributed by atoms with Crippen LogP contribution >= 0.6 is 11.6 Å². The molecule has 0 spiro atoms. The van der Waals surface area contributed by atoms with E-state index in [-0.39, 0.29) is 0 Å². The molecule has 0 radical (unpaired) electrons. The van der Waals surface area contributed by atoms with Gasteiger partial charge in [0.1, 0.15) is 0 Å². The highest BCUT2D eigenvalue weighted by atomic mass is 35.5. The highest BCUT2D eigenvalue weighted by molar-refractivity contribution is 6.30. The van der Waals surface area contributed by atoms with E-state index in [9.17, 15) is 4.79 Å². The van der Waals surface area contributed by atoms with Gasteiger partial charge >= 0.3 is 5.97 Å². The van der Waals surface area contributed by atoms with Gasteiger partial charge in [0.05, 0.1) is 14.2 Å². The van der Waals surface area contributed by atoms with Crippen LogP contribution in [0.15, 0.2) is 42.6 Å². The van der Waals surface area contributed by atoms with Crippen molar-refractivity contribution in [2.45, 2.75) is 6.04 Å². The lowest BCUT2D eigenvalue weighted by atomic mass is 10.1. The summed E-state index contributed by atoms with van der Waals surface area (Å²) in [6, 6.07) is 9.87. The number of carbonyl (C=O) groups excluding carboxylic acids is 1. The summed E-state index contributed by atoms with van der Waals surface area (Å²) in [6.07, 6.45) is 1.57. The van der Waals surface area contributed by atoms with Crippen molar-refractivity contribution in [2.24, 2.45) is 0 Å². The SMILES string of the molecule is COC(=O)C(Nc1cccc(Cl)c1)c1ccc(OC)nc1. The first kappa shape index (κ1) is 15.1. The van der Waals surface area contributed by atoms with E-state index in [1.807, 2.05) is 6.07 Å². The lowest BCUT2D eigenvalue weighted by Crippen LogP contribution is -2.22. The van der Waals surface area contributed by atoms with Gasteiger partial charge in [-0.15, -0.1) is 0 Å². The molecule has 2 rings (SSSR count). The lowest BCUT2D eigenvalue weighted by molar-refractivity contribution is -0.141. The smallest absolute Gasteiger partial charge is 0.333 e. The zero-order chi connectivity index (χ0) is 15.2. The Hall–Kier alpha value is -2.27. The zero-order valence-electron chi connectivity index (χ0n) is 11.7. The summed E-state index contributed by atoms with van der Waals surface area (Å²) < 4.78 is 9.84. The number of esters is 1. The van der Waals surface area contributed by atoms with Crippen molar-refractivity contribution in [3.05, 3.63) is 53.2 Å². The molecule has 1 unspecified atom stereocenters. The fourth-order valence-electron chi connectivity index (χ4n) is 1.82. The normalized spacial score (nSPS) is 11.6. The number of nitrogens with zero attached hydrogens (tertiary/aromatic N) is 1. The van der Waals surface area contributed by atoms with Crippen molar-refractivity contribution in [3.63, 3.8) is 0 Å². The van der Waals surface area contributed by atoms with Gasteiger partial charge in [-0.3, -0.25) is 0 Å². The van der Waals surface area contributed by atoms with Crippen LogP contribution in [0, 0.1) is 0 Å². The van der Waals surface area contributed by atoms with Gasteiger partial charge in [0.15, 0.2) is 6.04 Å². The Bertz CT molecular complexity index is 617. The Kier molecular flexibility index (Phi) is 5.00. The number of carbonyl (C=O) groups is 1. The molecule has 110 valence electrons. The minimum absolute atomic E-state index is 0.415. The first-order valence-corrected chi connectivity index (χ1v) is 6.61. The first-order chi connectivity index (χ1) is 10.1. The van der Waals surface area contributed by atoms with Crippen LogP contribution < -0.4 is 10.1 Å². The van der Waals surface area contributed by atoms with Crippen LogP contribution in [0.2, 0.25) is 5.02 Å². The Morgan fingerprint density at radius 2 is 2.10 bits per heavy atom. The second-order valence-corrected chi connectivity index (χ2v) is 4.68. The van der Waals surface area contributed by atoms with Crippen molar-refractivity contribution >= 4 is 23.3 Å². The summed E-state index contributed by atoms with van der Waals surface area (Å²) in [5.41, 5.74) is 1.39. The molecule has 0 aliphatic rings. The van der Waals surface area contributed by atoms with E-state index >= 15 is 0 Å². The number of hydrogen-bond donors (Lipinski definition) is 1. The van der Waals surface area contributed by atoms with Crippen molar-refractivity contribution in [1.29, 1.82) is 0 Å². The number of pyridine rings is 1. The summed E-state index contributed by atoms with van der Waals surface area (Å²) in [7, 11) is 2.87. The topological polar surface area (TPSA) is 60.5 Å². The monoisotopic (exact) mass is 306 g/mol. The zero-order valence-corrected chi connectivity index (χ0v) is 12.4. The van der Waals surface area contributed by atoms with Crippen LogP contribution in [0.5, 0.6) is 5.88 Å². The number of benzene rings is 1. The predicted molar refractivity (Wildman–Crippen MR) is 80.6 cm³/mol. The molecule has 0 bridgehead atoms. The Morgan fingerprint density at radius 3 is 2.67 bits per heavy atom. The van der Waals surface area contributed by atoms with Crippen LogP contribution in [0.4, 0.5) is 5.69 Å². The van der Waals surface area contributed by atoms with Crippen LogP contribution in [-0.2, 0) is 9.53 Å². The minimum Gasteiger partial charge on any atom is -0.481 e. The average molecular weight is 307 g/mol. The van der Waals surface area contributed by atoms with Gasteiger partial charge in [-0.2, -0.15) is 0 Å². The molecule has 5 nitrogen and oxygen atoms in total. The van der Waals surface area contributed by atoms with Crippen LogP contribution in [0.3, 0.4) is 0 Å². The molecular weight excluding hydrogens is 292 g/mol. The Labute approximate surface area is 127 Å². The number of nitrogens with one attached hydrogen (secondary N) is 1. The number of ether oxygens (including phenoxy) is 2. The van der Waals surface area contributed by atoms with Crippen molar-refractivity contribution in [1.82, 2.24) is 4.98 Å². The van der Waals surface area contributed by atoms with Crippen LogP contribution in [-0.4, -0.2) is 25.2 Å². The van der Waals surface area contributed by atoms with E-state index < -0.39 is 12.0 Å². The van der Waals surface area contributed by atoms with E-state index in [1.165, 1.54) is 14.2 Å². The molecule has 0 aliphatic heterocycles. The number of anilines is 1. The van der Waals surface area contributed by atoms with E-state index in [1.54, 1.807) is 36.5 Å². The van der Waals surface area contributed by atoms with Gasteiger partial charge < -0.3 is 14.8 Å². The molecule has 0 saturated carbocycles. The fraction of sp³-hybridized carbons (Fsp3) is 0.200. The third kappa shape index (κ3) is 3.86. The van der Waals surface area contributed by atoms with Crippen LogP contribution in [0.25, 0.3) is 0 Å². The quantitative estimate of drug-likeness (QED) is 0.860. The van der Waals surface area contributed by atoms with E-state index in [4.69, 9.17) is 21.1 Å². The number of rotatable bonds is 5. The molecule has 1 aromatic carbocycles. The fourth-order valence-corrected chi connectivity index (χ4v) is 2.01. The Morgan fingerprint density at radius 1 is 1.29 bits per heavy atom. The molecule has 0 saturated heterocycles. The maximum absolute atomic E-state index is 12.0. The highest BCUT2D eigenvalue weighted by Crippen LogP contribution is 2.23. The minimum atomic E-state index is -0.674. The standard InChI is InChI=1S/C15H15ClN2O3/c1-20-13-7-6-10(9-17-13)14(15(19)21-2)18-12-5-3-4-11(16)8-12/h3-9,14,18H,1-2H3. The van der Waals surface area contributed by atoms with Gasteiger partial charge in [-0.05, 0) is 24.3 Å². The lowest BCUT2D eigenvalue weighted by Gasteiger charge is -2.18. The van der Waals surface area contributed by atoms with Crippen molar-refractivity contribution in [2.75, 3.05) is 19.5 Å². The second kappa shape index (κ2) is 6.95. The first-order valence-electron chi connectivity index (χ1n) is 6.24. The summed E-state index contributed by atoms with van der Waals surface area (Å²) in [5.74, 6) is 0.0621. The predicted octanol–water partition coefficient (Wildman–Crippen LogP) is 3.07. The van der Waals surface area contributed by atoms with E-state index in [0.29, 0.717) is 22.2 Å². The van der Waals surface area contributed by atoms with Crippen molar-refractivity contribution in [3.8, 4) is 5.88 Å². The molecule has 1 aromatic heterocycles. The number of halogens is 1. The number of methoxy groups -OCH3 is 2. The molecule has 0 fully saturated rings. The molecule has 6 heteroatoms. The van der Waals surface area contributed by atoms with E-state index in [0.717, 1.165) is 0 Å². The van der Waals surface area contributed by atoms with Gasteiger partial charge in [0.2, 0.25) is 5.88 Å². The summed E-state index contributed by atoms with van der Waals surface area (Å²) in [6.45, 7) is 0. The molecule has 0 aliphatic carbocycles. The van der Waals surface area contributed by atoms with E-state index in [2.05, 4.69) is 10.3 Å². The third-order valence-corrected chi connectivity index (χ3v) is 3.11. The molecule has 1 heterocycles. The molecule has 21 heavy (non-hydrogen) atoms. The molecule has 2 aromatic rings. The van der Waals surface area contributed by atoms with Gasteiger partial charge in [0.25, 0.3) is 0 Å². The molecule has 1 atom stereocenters. The average Bonchev–Trinajstić information content (AvgIpc) is 2.52. The maximum atomic E-state index is 12.0.